The lowest BCUT2D eigenvalue weighted by molar-refractivity contribution is -0.885. The summed E-state index contributed by atoms with van der Waals surface area (Å²) in [5, 5.41) is 13.9. The second-order valence-corrected chi connectivity index (χ2v) is 6.76. The fourth-order valence-electron chi connectivity index (χ4n) is 2.92. The van der Waals surface area contributed by atoms with Crippen LogP contribution in [0.4, 0.5) is 11.4 Å². The molecule has 2 N–H and O–H groups in total. The van der Waals surface area contributed by atoms with Crippen LogP contribution in [0.2, 0.25) is 0 Å². The van der Waals surface area contributed by atoms with Crippen molar-refractivity contribution in [2.75, 3.05) is 33.1 Å². The van der Waals surface area contributed by atoms with Gasteiger partial charge in [0.05, 0.1) is 26.2 Å². The summed E-state index contributed by atoms with van der Waals surface area (Å²) in [6, 6.07) is 8.71. The molecule has 8 nitrogen and oxygen atoms in total. The van der Waals surface area contributed by atoms with Gasteiger partial charge >= 0.3 is 0 Å². The Bertz CT molecular complexity index is 882. The molecule has 0 saturated heterocycles. The third kappa shape index (κ3) is 5.20. The lowest BCUT2D eigenvalue weighted by atomic mass is 10.1. The van der Waals surface area contributed by atoms with Crippen LogP contribution < -0.4 is 19.7 Å². The van der Waals surface area contributed by atoms with Gasteiger partial charge in [-0.1, -0.05) is 0 Å². The van der Waals surface area contributed by atoms with Crippen molar-refractivity contribution in [3.8, 4) is 11.5 Å². The summed E-state index contributed by atoms with van der Waals surface area (Å²) in [5.74, 6) is 0.982. The van der Waals surface area contributed by atoms with Gasteiger partial charge in [0.1, 0.15) is 12.2 Å². The smallest absolute Gasteiger partial charge is 0.293 e. The fourth-order valence-corrected chi connectivity index (χ4v) is 2.92. The summed E-state index contributed by atoms with van der Waals surface area (Å²) >= 11 is 0. The van der Waals surface area contributed by atoms with Crippen molar-refractivity contribution in [2.24, 2.45) is 0 Å². The molecule has 1 unspecified atom stereocenters. The number of nitro benzene ring substituents is 1. The Morgan fingerprint density at radius 3 is 2.36 bits per heavy atom. The molecule has 28 heavy (non-hydrogen) atoms. The lowest BCUT2D eigenvalue weighted by Gasteiger charge is -2.15. The zero-order valence-corrected chi connectivity index (χ0v) is 16.8. The third-order valence-corrected chi connectivity index (χ3v) is 4.50. The fraction of sp³-hybridized carbons (Fsp3) is 0.350. The molecule has 0 aliphatic heterocycles. The number of rotatable bonds is 8. The van der Waals surface area contributed by atoms with E-state index in [0.29, 0.717) is 18.0 Å². The van der Waals surface area contributed by atoms with E-state index >= 15 is 0 Å². The maximum Gasteiger partial charge on any atom is 0.293 e. The van der Waals surface area contributed by atoms with Crippen molar-refractivity contribution < 1.29 is 24.1 Å². The van der Waals surface area contributed by atoms with Gasteiger partial charge in [-0.2, -0.15) is 0 Å². The topological polar surface area (TPSA) is 95.1 Å². The Hall–Kier alpha value is -3.13. The number of anilines is 1. The van der Waals surface area contributed by atoms with Gasteiger partial charge in [-0.05, 0) is 49.2 Å². The largest absolute Gasteiger partial charge is 0.493 e. The number of methoxy groups -OCH3 is 2. The highest BCUT2D eigenvalue weighted by atomic mass is 16.6. The molecule has 0 heterocycles. The summed E-state index contributed by atoms with van der Waals surface area (Å²) < 4.78 is 10.5. The van der Waals surface area contributed by atoms with Crippen LogP contribution in [0.15, 0.2) is 30.3 Å². The number of amides is 1. The minimum atomic E-state index is -0.484. The number of hydrogen-bond acceptors (Lipinski definition) is 5. The van der Waals surface area contributed by atoms with Gasteiger partial charge in [0.2, 0.25) is 0 Å². The van der Waals surface area contributed by atoms with Crippen LogP contribution in [0.1, 0.15) is 16.7 Å². The number of nitrogens with zero attached hydrogens (tertiary/aromatic N) is 1. The predicted molar refractivity (Wildman–Crippen MR) is 106 cm³/mol. The van der Waals surface area contributed by atoms with Crippen molar-refractivity contribution in [2.45, 2.75) is 20.4 Å². The van der Waals surface area contributed by atoms with Crippen molar-refractivity contribution in [3.63, 3.8) is 0 Å². The molecule has 1 amide bonds. The van der Waals surface area contributed by atoms with Crippen molar-refractivity contribution in [1.29, 1.82) is 0 Å². The summed E-state index contributed by atoms with van der Waals surface area (Å²) in [6.45, 7) is 4.40. The quantitative estimate of drug-likeness (QED) is 0.532. The first-order chi connectivity index (χ1) is 13.2. The second kappa shape index (κ2) is 9.18. The van der Waals surface area contributed by atoms with Crippen LogP contribution in [-0.4, -0.2) is 38.6 Å². The first kappa shape index (κ1) is 21.2. The number of quaternary nitrogens is 1. The van der Waals surface area contributed by atoms with Crippen LogP contribution in [0, 0.1) is 24.0 Å². The molecule has 0 radical (unpaired) electrons. The highest BCUT2D eigenvalue weighted by Crippen LogP contribution is 2.28. The number of carbonyl (C=O) groups excluding carboxylic acids is 1. The maximum atomic E-state index is 12.4. The van der Waals surface area contributed by atoms with E-state index in [1.807, 2.05) is 32.2 Å². The number of aryl methyl sites for hydroxylation is 2. The molecule has 2 rings (SSSR count). The van der Waals surface area contributed by atoms with Crippen LogP contribution in [-0.2, 0) is 11.3 Å². The van der Waals surface area contributed by atoms with E-state index in [9.17, 15) is 14.9 Å². The van der Waals surface area contributed by atoms with E-state index in [-0.39, 0.29) is 23.8 Å². The van der Waals surface area contributed by atoms with E-state index in [1.165, 1.54) is 6.07 Å². The Morgan fingerprint density at radius 1 is 1.11 bits per heavy atom. The van der Waals surface area contributed by atoms with E-state index in [1.54, 1.807) is 27.2 Å². The summed E-state index contributed by atoms with van der Waals surface area (Å²) in [7, 11) is 5.03. The van der Waals surface area contributed by atoms with Gasteiger partial charge in [-0.3, -0.25) is 14.9 Å². The van der Waals surface area contributed by atoms with Crippen LogP contribution in [0.5, 0.6) is 11.5 Å². The summed E-state index contributed by atoms with van der Waals surface area (Å²) in [6.07, 6.45) is 0. The molecule has 2 aromatic rings. The molecule has 0 spiro atoms. The molecule has 0 aliphatic rings. The number of likely N-dealkylation sites (N-methyl/N-ethyl adjacent to an activating group) is 1. The Morgan fingerprint density at radius 2 is 1.75 bits per heavy atom. The van der Waals surface area contributed by atoms with Gasteiger partial charge in [-0.15, -0.1) is 0 Å². The Labute approximate surface area is 164 Å². The van der Waals surface area contributed by atoms with E-state index < -0.39 is 4.92 Å². The highest BCUT2D eigenvalue weighted by Gasteiger charge is 2.19. The Balaban J connectivity index is 2.05. The van der Waals surface area contributed by atoms with Gasteiger partial charge < -0.3 is 19.7 Å². The van der Waals surface area contributed by atoms with E-state index in [4.69, 9.17) is 9.47 Å². The van der Waals surface area contributed by atoms with Crippen molar-refractivity contribution >= 4 is 17.3 Å². The second-order valence-electron chi connectivity index (χ2n) is 6.76. The number of hydrogen-bond donors (Lipinski definition) is 2. The number of benzene rings is 2. The average Bonchev–Trinajstić information content (AvgIpc) is 2.63. The minimum Gasteiger partial charge on any atom is -0.493 e. The normalized spacial score (nSPS) is 11.6. The number of nitrogens with one attached hydrogen (secondary N) is 2. The molecule has 1 atom stereocenters. The molecule has 0 aromatic heterocycles. The van der Waals surface area contributed by atoms with E-state index in [2.05, 4.69) is 5.32 Å². The highest BCUT2D eigenvalue weighted by molar-refractivity contribution is 5.94. The molecule has 150 valence electrons. The molecular formula is C20H26N3O5+. The number of carbonyl (C=O) groups is 1. The van der Waals surface area contributed by atoms with Crippen LogP contribution in [0.3, 0.4) is 0 Å². The zero-order chi connectivity index (χ0) is 20.8. The van der Waals surface area contributed by atoms with Crippen molar-refractivity contribution in [1.82, 2.24) is 0 Å². The van der Waals surface area contributed by atoms with Crippen LogP contribution in [0.25, 0.3) is 0 Å². The molecule has 2 aromatic carbocycles. The zero-order valence-electron chi connectivity index (χ0n) is 16.8. The maximum absolute atomic E-state index is 12.4. The van der Waals surface area contributed by atoms with Gasteiger partial charge in [0.15, 0.2) is 18.0 Å². The predicted octanol–water partition coefficient (Wildman–Crippen LogP) is 1.88. The molecule has 0 bridgehead atoms. The number of nitro groups is 1. The molecule has 8 heteroatoms. The molecule has 0 saturated carbocycles. The molecule has 0 aliphatic carbocycles. The van der Waals surface area contributed by atoms with Crippen LogP contribution >= 0.6 is 0 Å². The standard InChI is InChI=1S/C20H25N3O5/c1-13-8-16(17(23(25)26)9-14(13)2)21-20(24)12-22(3)11-15-6-7-18(27-4)19(10-15)28-5/h6-10H,11-12H2,1-5H3,(H,21,24)/p+1. The van der Waals surface area contributed by atoms with Gasteiger partial charge in [0.25, 0.3) is 11.6 Å². The van der Waals surface area contributed by atoms with Crippen molar-refractivity contribution in [3.05, 3.63) is 57.1 Å². The average molecular weight is 388 g/mol. The van der Waals surface area contributed by atoms with Gasteiger partial charge in [-0.25, -0.2) is 0 Å². The number of ether oxygens (including phenoxy) is 2. The van der Waals surface area contributed by atoms with Gasteiger partial charge in [0, 0.05) is 11.6 Å². The summed E-state index contributed by atoms with van der Waals surface area (Å²) in [5.41, 5.74) is 2.79. The van der Waals surface area contributed by atoms with E-state index in [0.717, 1.165) is 21.6 Å². The Kier molecular flexibility index (Phi) is 6.94. The monoisotopic (exact) mass is 388 g/mol. The SMILES string of the molecule is COc1ccc(C[NH+](C)CC(=O)Nc2cc(C)c(C)cc2[N+](=O)[O-])cc1OC. The first-order valence-corrected chi connectivity index (χ1v) is 8.82. The lowest BCUT2D eigenvalue weighted by Crippen LogP contribution is -3.08. The summed E-state index contributed by atoms with van der Waals surface area (Å²) in [4.78, 5) is 24.1. The molecular weight excluding hydrogens is 362 g/mol. The third-order valence-electron chi connectivity index (χ3n) is 4.50. The first-order valence-electron chi connectivity index (χ1n) is 8.82. The molecule has 0 fully saturated rings. The minimum absolute atomic E-state index is 0.103.